The van der Waals surface area contributed by atoms with Crippen LogP contribution in [0.5, 0.6) is 0 Å². The van der Waals surface area contributed by atoms with Crippen LogP contribution in [0.4, 0.5) is 0 Å². The van der Waals surface area contributed by atoms with Crippen molar-refractivity contribution >= 4 is 34.5 Å². The number of alkyl halides is 1. The molecule has 2 fully saturated rings. The first-order valence-corrected chi connectivity index (χ1v) is 7.08. The van der Waals surface area contributed by atoms with Crippen molar-refractivity contribution in [2.45, 2.75) is 37.7 Å². The van der Waals surface area contributed by atoms with Crippen molar-refractivity contribution in [3.63, 3.8) is 0 Å². The topological polar surface area (TPSA) is 63.6 Å². The SMILES string of the molecule is O=C(O)CC1(OC(=O)CI)CC2CCC1C2. The van der Waals surface area contributed by atoms with Crippen LogP contribution in [0.25, 0.3) is 0 Å². The summed E-state index contributed by atoms with van der Waals surface area (Å²) in [5, 5.41) is 8.96. The van der Waals surface area contributed by atoms with Crippen LogP contribution >= 0.6 is 22.6 Å². The highest BCUT2D eigenvalue weighted by atomic mass is 127. The third-order valence-corrected chi connectivity index (χ3v) is 4.42. The van der Waals surface area contributed by atoms with Crippen molar-refractivity contribution in [2.24, 2.45) is 11.8 Å². The molecule has 16 heavy (non-hydrogen) atoms. The Balaban J connectivity index is 2.13. The summed E-state index contributed by atoms with van der Waals surface area (Å²) in [4.78, 5) is 22.3. The third kappa shape index (κ3) is 2.19. The maximum atomic E-state index is 11.4. The van der Waals surface area contributed by atoms with E-state index in [1.165, 1.54) is 0 Å². The molecule has 0 aliphatic heterocycles. The van der Waals surface area contributed by atoms with E-state index in [2.05, 4.69) is 0 Å². The maximum absolute atomic E-state index is 11.4. The predicted molar refractivity (Wildman–Crippen MR) is 65.4 cm³/mol. The van der Waals surface area contributed by atoms with Gasteiger partial charge in [-0.25, -0.2) is 0 Å². The van der Waals surface area contributed by atoms with Crippen LogP contribution in [0, 0.1) is 11.8 Å². The lowest BCUT2D eigenvalue weighted by Gasteiger charge is -2.35. The van der Waals surface area contributed by atoms with Crippen molar-refractivity contribution in [1.82, 2.24) is 0 Å². The third-order valence-electron chi connectivity index (χ3n) is 3.80. The predicted octanol–water partition coefficient (Wildman–Crippen LogP) is 2.00. The number of rotatable bonds is 4. The summed E-state index contributed by atoms with van der Waals surface area (Å²) in [5.74, 6) is -0.324. The first kappa shape index (κ1) is 12.1. The number of esters is 1. The van der Waals surface area contributed by atoms with E-state index in [9.17, 15) is 9.59 Å². The average Bonchev–Trinajstić information content (AvgIpc) is 2.76. The minimum Gasteiger partial charge on any atom is -0.481 e. The molecule has 0 saturated heterocycles. The van der Waals surface area contributed by atoms with Crippen molar-refractivity contribution < 1.29 is 19.4 Å². The van der Waals surface area contributed by atoms with E-state index >= 15 is 0 Å². The van der Waals surface area contributed by atoms with Crippen LogP contribution < -0.4 is 0 Å². The summed E-state index contributed by atoms with van der Waals surface area (Å²) in [7, 11) is 0. The lowest BCUT2D eigenvalue weighted by molar-refractivity contribution is -0.168. The molecule has 4 nitrogen and oxygen atoms in total. The molecule has 0 aromatic carbocycles. The fourth-order valence-corrected chi connectivity index (χ4v) is 3.44. The second-order valence-corrected chi connectivity index (χ2v) is 5.59. The van der Waals surface area contributed by atoms with Crippen LogP contribution in [-0.4, -0.2) is 27.1 Å². The molecule has 1 N–H and O–H groups in total. The first-order chi connectivity index (χ1) is 7.55. The monoisotopic (exact) mass is 338 g/mol. The second-order valence-electron chi connectivity index (χ2n) is 4.82. The van der Waals surface area contributed by atoms with E-state index in [1.54, 1.807) is 0 Å². The van der Waals surface area contributed by atoms with Gasteiger partial charge in [0, 0.05) is 0 Å². The number of halogens is 1. The molecule has 90 valence electrons. The standard InChI is InChI=1S/C11H15IO4/c12-6-10(15)16-11(5-9(13)14)4-7-1-2-8(11)3-7/h7-8H,1-6H2,(H,13,14). The molecule has 0 aromatic rings. The Morgan fingerprint density at radius 2 is 2.19 bits per heavy atom. The summed E-state index contributed by atoms with van der Waals surface area (Å²) in [6, 6.07) is 0. The van der Waals surface area contributed by atoms with Crippen molar-refractivity contribution in [3.8, 4) is 0 Å². The number of aliphatic carboxylic acids is 1. The quantitative estimate of drug-likeness (QED) is 0.484. The van der Waals surface area contributed by atoms with Gasteiger partial charge in [0.15, 0.2) is 0 Å². The highest BCUT2D eigenvalue weighted by Gasteiger charge is 2.54. The molecule has 5 heteroatoms. The lowest BCUT2D eigenvalue weighted by Crippen LogP contribution is -2.42. The van der Waals surface area contributed by atoms with Crippen LogP contribution in [0.1, 0.15) is 32.1 Å². The van der Waals surface area contributed by atoms with Gasteiger partial charge in [0.1, 0.15) is 5.60 Å². The molecular formula is C11H15IO4. The van der Waals surface area contributed by atoms with Gasteiger partial charge >= 0.3 is 11.9 Å². The van der Waals surface area contributed by atoms with Gasteiger partial charge < -0.3 is 9.84 Å². The van der Waals surface area contributed by atoms with E-state index in [0.717, 1.165) is 25.7 Å². The zero-order valence-electron chi connectivity index (χ0n) is 8.95. The number of ether oxygens (including phenoxy) is 1. The van der Waals surface area contributed by atoms with E-state index < -0.39 is 11.6 Å². The molecule has 0 heterocycles. The van der Waals surface area contributed by atoms with E-state index in [4.69, 9.17) is 9.84 Å². The van der Waals surface area contributed by atoms with Crippen LogP contribution in [-0.2, 0) is 14.3 Å². The summed E-state index contributed by atoms with van der Waals surface area (Å²) >= 11 is 1.95. The molecule has 2 rings (SSSR count). The fraction of sp³-hybridized carbons (Fsp3) is 0.818. The van der Waals surface area contributed by atoms with Crippen LogP contribution in [0.3, 0.4) is 0 Å². The number of carboxylic acids is 1. The summed E-state index contributed by atoms with van der Waals surface area (Å²) in [6.07, 6.45) is 3.91. The number of carbonyl (C=O) groups excluding carboxylic acids is 1. The molecule has 0 radical (unpaired) electrons. The van der Waals surface area contributed by atoms with Gasteiger partial charge in [-0.2, -0.15) is 0 Å². The Bertz CT molecular complexity index is 317. The zero-order chi connectivity index (χ0) is 11.8. The van der Waals surface area contributed by atoms with Crippen molar-refractivity contribution in [2.75, 3.05) is 4.43 Å². The van der Waals surface area contributed by atoms with Gasteiger partial charge in [0.05, 0.1) is 10.8 Å². The average molecular weight is 338 g/mol. The van der Waals surface area contributed by atoms with Gasteiger partial charge in [0.25, 0.3) is 0 Å². The molecular weight excluding hydrogens is 323 g/mol. The number of hydrogen-bond acceptors (Lipinski definition) is 3. The fourth-order valence-electron chi connectivity index (χ4n) is 3.28. The van der Waals surface area contributed by atoms with Crippen molar-refractivity contribution in [1.29, 1.82) is 0 Å². The number of carboxylic acid groups (broad SMARTS) is 1. The van der Waals surface area contributed by atoms with E-state index in [0.29, 0.717) is 5.92 Å². The molecule has 0 amide bonds. The smallest absolute Gasteiger partial charge is 0.316 e. The molecule has 2 aliphatic carbocycles. The van der Waals surface area contributed by atoms with E-state index in [-0.39, 0.29) is 22.7 Å². The minimum atomic E-state index is -0.867. The Labute approximate surface area is 108 Å². The highest BCUT2D eigenvalue weighted by molar-refractivity contribution is 14.1. The van der Waals surface area contributed by atoms with Crippen LogP contribution in [0.15, 0.2) is 0 Å². The molecule has 0 spiro atoms. The zero-order valence-corrected chi connectivity index (χ0v) is 11.1. The van der Waals surface area contributed by atoms with Gasteiger partial charge in [0.2, 0.25) is 0 Å². The summed E-state index contributed by atoms with van der Waals surface area (Å²) in [5.41, 5.74) is -0.697. The molecule has 2 saturated carbocycles. The minimum absolute atomic E-state index is 0.0312. The number of fused-ring (bicyclic) bond motifs is 2. The van der Waals surface area contributed by atoms with Gasteiger partial charge in [-0.15, -0.1) is 0 Å². The molecule has 2 aliphatic rings. The van der Waals surface area contributed by atoms with Crippen molar-refractivity contribution in [3.05, 3.63) is 0 Å². The highest BCUT2D eigenvalue weighted by Crippen LogP contribution is 2.54. The largest absolute Gasteiger partial charge is 0.481 e. The number of carbonyl (C=O) groups is 2. The Morgan fingerprint density at radius 3 is 2.62 bits per heavy atom. The van der Waals surface area contributed by atoms with E-state index in [1.807, 2.05) is 22.6 Å². The lowest BCUT2D eigenvalue weighted by atomic mass is 9.81. The maximum Gasteiger partial charge on any atom is 0.316 e. The molecule has 3 unspecified atom stereocenters. The van der Waals surface area contributed by atoms with Gasteiger partial charge in [-0.3, -0.25) is 9.59 Å². The first-order valence-electron chi connectivity index (χ1n) is 5.55. The normalized spacial score (nSPS) is 36.3. The van der Waals surface area contributed by atoms with Crippen LogP contribution in [0.2, 0.25) is 0 Å². The Kier molecular flexibility index (Phi) is 3.42. The second kappa shape index (κ2) is 4.50. The van der Waals surface area contributed by atoms with Gasteiger partial charge in [-0.05, 0) is 37.5 Å². The summed E-state index contributed by atoms with van der Waals surface area (Å²) in [6.45, 7) is 0. The summed E-state index contributed by atoms with van der Waals surface area (Å²) < 4.78 is 5.75. The molecule has 2 bridgehead atoms. The van der Waals surface area contributed by atoms with Gasteiger partial charge in [-0.1, -0.05) is 22.6 Å². The molecule has 3 atom stereocenters. The number of hydrogen-bond donors (Lipinski definition) is 1. The Hall–Kier alpha value is -0.330. The molecule has 0 aromatic heterocycles. The Morgan fingerprint density at radius 1 is 1.44 bits per heavy atom.